The van der Waals surface area contributed by atoms with E-state index in [1.54, 1.807) is 0 Å². The van der Waals surface area contributed by atoms with Crippen LogP contribution in [0.3, 0.4) is 0 Å². The molecule has 0 saturated heterocycles. The van der Waals surface area contributed by atoms with Gasteiger partial charge < -0.3 is 14.2 Å². The molecule has 0 aromatic carbocycles. The Morgan fingerprint density at radius 2 is 0.507 bits per heavy atom. The van der Waals surface area contributed by atoms with Gasteiger partial charge >= 0.3 is 17.9 Å². The third-order valence-electron chi connectivity index (χ3n) is 14.1. The largest absolute Gasteiger partial charge is 0.462 e. The maximum absolute atomic E-state index is 12.8. The number of esters is 3. The molecule has 0 aromatic heterocycles. The smallest absolute Gasteiger partial charge is 0.306 e. The second-order valence-corrected chi connectivity index (χ2v) is 21.3. The Hall–Kier alpha value is -2.37. The number of ether oxygens (including phenoxy) is 3. The molecule has 0 fully saturated rings. The van der Waals surface area contributed by atoms with Gasteiger partial charge in [0.1, 0.15) is 13.2 Å². The molecule has 0 aliphatic rings. The molecule has 0 bridgehead atoms. The molecule has 0 saturated carbocycles. The SMILES string of the molecule is CCCCCCC/C=C\C/C=C\C/C=C\CCCCCCCCCCCCCCCCC(=O)OCC(COC(=O)CCCCCCCCC)OC(=O)CCCCCCCCCCCCCCCCCCC. The molecule has 6 heteroatoms. The summed E-state index contributed by atoms with van der Waals surface area (Å²) in [4.78, 5) is 38.0. The van der Waals surface area contributed by atoms with E-state index in [-0.39, 0.29) is 31.1 Å². The molecule has 1 unspecified atom stereocenters. The Labute approximate surface area is 442 Å². The van der Waals surface area contributed by atoms with E-state index < -0.39 is 6.10 Å². The molecule has 416 valence electrons. The van der Waals surface area contributed by atoms with Crippen molar-refractivity contribution in [3.05, 3.63) is 36.5 Å². The highest BCUT2D eigenvalue weighted by atomic mass is 16.6. The molecule has 0 N–H and O–H groups in total. The average molecular weight is 998 g/mol. The van der Waals surface area contributed by atoms with Crippen LogP contribution < -0.4 is 0 Å². The standard InChI is InChI=1S/C65H120O6/c1-4-7-10-13-16-18-20-22-24-26-27-28-29-30-31-32-33-34-35-36-37-39-40-42-44-46-49-52-55-58-64(67)70-61-62(60-69-63(66)57-54-51-48-15-12-9-6-3)71-65(68)59-56-53-50-47-45-43-41-38-25-23-21-19-17-14-11-8-5-2/h20,22,26-27,29-30,62H,4-19,21,23-25,28,31-61H2,1-3H3/b22-20-,27-26-,30-29-. The van der Waals surface area contributed by atoms with E-state index in [4.69, 9.17) is 14.2 Å². The highest BCUT2D eigenvalue weighted by Gasteiger charge is 2.19. The molecule has 6 nitrogen and oxygen atoms in total. The van der Waals surface area contributed by atoms with Crippen LogP contribution in [0.1, 0.15) is 342 Å². The predicted octanol–water partition coefficient (Wildman–Crippen LogP) is 21.2. The van der Waals surface area contributed by atoms with E-state index in [0.717, 1.165) is 70.6 Å². The zero-order valence-corrected chi connectivity index (χ0v) is 47.8. The highest BCUT2D eigenvalue weighted by molar-refractivity contribution is 5.71. The van der Waals surface area contributed by atoms with Gasteiger partial charge in [0.05, 0.1) is 0 Å². The van der Waals surface area contributed by atoms with E-state index in [1.807, 2.05) is 0 Å². The fraction of sp³-hybridized carbons (Fsp3) is 0.862. The van der Waals surface area contributed by atoms with E-state index in [9.17, 15) is 14.4 Å². The molecule has 0 radical (unpaired) electrons. The first-order valence-electron chi connectivity index (χ1n) is 31.5. The van der Waals surface area contributed by atoms with Crippen molar-refractivity contribution in [1.29, 1.82) is 0 Å². The number of hydrogen-bond donors (Lipinski definition) is 0. The molecule has 0 aliphatic heterocycles. The lowest BCUT2D eigenvalue weighted by molar-refractivity contribution is -0.167. The first-order chi connectivity index (χ1) is 35.0. The lowest BCUT2D eigenvalue weighted by atomic mass is 10.0. The lowest BCUT2D eigenvalue weighted by Crippen LogP contribution is -2.30. The van der Waals surface area contributed by atoms with Gasteiger partial charge in [-0.2, -0.15) is 0 Å². The number of carbonyl (C=O) groups excluding carboxylic acids is 3. The average Bonchev–Trinajstić information content (AvgIpc) is 3.37. The molecule has 0 aliphatic carbocycles. The minimum absolute atomic E-state index is 0.0672. The van der Waals surface area contributed by atoms with E-state index in [0.29, 0.717) is 19.3 Å². The van der Waals surface area contributed by atoms with Crippen molar-refractivity contribution in [2.75, 3.05) is 13.2 Å². The summed E-state index contributed by atoms with van der Waals surface area (Å²) in [5.41, 5.74) is 0. The quantitative estimate of drug-likeness (QED) is 0.0261. The van der Waals surface area contributed by atoms with Crippen LogP contribution >= 0.6 is 0 Å². The van der Waals surface area contributed by atoms with Gasteiger partial charge in [-0.15, -0.1) is 0 Å². The zero-order chi connectivity index (χ0) is 51.4. The Morgan fingerprint density at radius 1 is 0.282 bits per heavy atom. The summed E-state index contributed by atoms with van der Waals surface area (Å²) in [7, 11) is 0. The maximum atomic E-state index is 12.8. The topological polar surface area (TPSA) is 78.9 Å². The van der Waals surface area contributed by atoms with Crippen LogP contribution in [0.2, 0.25) is 0 Å². The Balaban J connectivity index is 4.05. The highest BCUT2D eigenvalue weighted by Crippen LogP contribution is 2.17. The van der Waals surface area contributed by atoms with E-state index in [2.05, 4.69) is 57.2 Å². The van der Waals surface area contributed by atoms with Crippen LogP contribution in [0.4, 0.5) is 0 Å². The number of hydrogen-bond acceptors (Lipinski definition) is 6. The van der Waals surface area contributed by atoms with Crippen LogP contribution in [-0.4, -0.2) is 37.2 Å². The number of allylic oxidation sites excluding steroid dienone is 6. The number of unbranched alkanes of at least 4 members (excludes halogenated alkanes) is 41. The molecule has 1 atom stereocenters. The van der Waals surface area contributed by atoms with Gasteiger partial charge in [-0.3, -0.25) is 14.4 Å². The molecule has 0 amide bonds. The van der Waals surface area contributed by atoms with Gasteiger partial charge in [0, 0.05) is 19.3 Å². The number of carbonyl (C=O) groups is 3. The molecular formula is C65H120O6. The van der Waals surface area contributed by atoms with E-state index in [1.165, 1.54) is 231 Å². The third-order valence-corrected chi connectivity index (χ3v) is 14.1. The monoisotopic (exact) mass is 997 g/mol. The van der Waals surface area contributed by atoms with Crippen molar-refractivity contribution in [1.82, 2.24) is 0 Å². The van der Waals surface area contributed by atoms with Crippen molar-refractivity contribution in [2.45, 2.75) is 348 Å². The van der Waals surface area contributed by atoms with Crippen molar-refractivity contribution >= 4 is 17.9 Å². The van der Waals surface area contributed by atoms with Gasteiger partial charge in [-0.05, 0) is 57.8 Å². The van der Waals surface area contributed by atoms with Crippen molar-refractivity contribution in [3.63, 3.8) is 0 Å². The first-order valence-corrected chi connectivity index (χ1v) is 31.5. The van der Waals surface area contributed by atoms with Crippen molar-refractivity contribution in [2.24, 2.45) is 0 Å². The Kier molecular flexibility index (Phi) is 58.2. The van der Waals surface area contributed by atoms with Crippen LogP contribution in [0.5, 0.6) is 0 Å². The van der Waals surface area contributed by atoms with Crippen LogP contribution in [0, 0.1) is 0 Å². The van der Waals surface area contributed by atoms with Gasteiger partial charge in [0.25, 0.3) is 0 Å². The Morgan fingerprint density at radius 3 is 0.789 bits per heavy atom. The molecule has 0 spiro atoms. The molecule has 0 aromatic rings. The van der Waals surface area contributed by atoms with Crippen molar-refractivity contribution in [3.8, 4) is 0 Å². The second-order valence-electron chi connectivity index (χ2n) is 21.3. The summed E-state index contributed by atoms with van der Waals surface area (Å²) in [6, 6.07) is 0. The molecular weight excluding hydrogens is 877 g/mol. The summed E-state index contributed by atoms with van der Waals surface area (Å²) >= 11 is 0. The zero-order valence-electron chi connectivity index (χ0n) is 47.8. The predicted molar refractivity (Wildman–Crippen MR) is 307 cm³/mol. The van der Waals surface area contributed by atoms with Gasteiger partial charge in [-0.1, -0.05) is 301 Å². The van der Waals surface area contributed by atoms with Crippen LogP contribution in [-0.2, 0) is 28.6 Å². The van der Waals surface area contributed by atoms with Gasteiger partial charge in [0.2, 0.25) is 0 Å². The van der Waals surface area contributed by atoms with E-state index >= 15 is 0 Å². The fourth-order valence-corrected chi connectivity index (χ4v) is 9.39. The number of rotatable bonds is 58. The third kappa shape index (κ3) is 58.4. The maximum Gasteiger partial charge on any atom is 0.306 e. The van der Waals surface area contributed by atoms with Crippen LogP contribution in [0.25, 0.3) is 0 Å². The molecule has 71 heavy (non-hydrogen) atoms. The van der Waals surface area contributed by atoms with Gasteiger partial charge in [0.15, 0.2) is 6.10 Å². The summed E-state index contributed by atoms with van der Waals surface area (Å²) < 4.78 is 16.8. The molecule has 0 rings (SSSR count). The van der Waals surface area contributed by atoms with Crippen LogP contribution in [0.15, 0.2) is 36.5 Å². The Bertz CT molecular complexity index is 1190. The first kappa shape index (κ1) is 68.6. The summed E-state index contributed by atoms with van der Waals surface area (Å²) in [5, 5.41) is 0. The molecule has 0 heterocycles. The summed E-state index contributed by atoms with van der Waals surface area (Å²) in [5.74, 6) is -0.853. The minimum Gasteiger partial charge on any atom is -0.462 e. The summed E-state index contributed by atoms with van der Waals surface area (Å²) in [6.45, 7) is 6.64. The summed E-state index contributed by atoms with van der Waals surface area (Å²) in [6.07, 6.45) is 73.2. The lowest BCUT2D eigenvalue weighted by Gasteiger charge is -2.18. The van der Waals surface area contributed by atoms with Crippen molar-refractivity contribution < 1.29 is 28.6 Å². The minimum atomic E-state index is -0.766. The second kappa shape index (κ2) is 60.2. The van der Waals surface area contributed by atoms with Gasteiger partial charge in [-0.25, -0.2) is 0 Å². The normalized spacial score (nSPS) is 12.2. The fourth-order valence-electron chi connectivity index (χ4n) is 9.39.